The Labute approximate surface area is 124 Å². The fourth-order valence-electron chi connectivity index (χ4n) is 2.59. The van der Waals surface area contributed by atoms with Gasteiger partial charge in [-0.05, 0) is 56.8 Å². The Kier molecular flexibility index (Phi) is 4.75. The summed E-state index contributed by atoms with van der Waals surface area (Å²) in [5.41, 5.74) is 2.07. The topological polar surface area (TPSA) is 36.1 Å². The highest BCUT2D eigenvalue weighted by Gasteiger charge is 2.29. The molecule has 3 nitrogen and oxygen atoms in total. The predicted octanol–water partition coefficient (Wildman–Crippen LogP) is 2.38. The summed E-state index contributed by atoms with van der Waals surface area (Å²) >= 11 is 0. The number of hydrogen-bond donors (Lipinski definition) is 3. The Balaban J connectivity index is 2.38. The third-order valence-electron chi connectivity index (χ3n) is 3.98. The number of allylic oxidation sites excluding steroid dienone is 1. The van der Waals surface area contributed by atoms with Crippen molar-refractivity contribution in [3.8, 4) is 0 Å². The van der Waals surface area contributed by atoms with Gasteiger partial charge in [-0.15, -0.1) is 0 Å². The van der Waals surface area contributed by atoms with Crippen molar-refractivity contribution in [3.63, 3.8) is 0 Å². The molecule has 1 aliphatic carbocycles. The van der Waals surface area contributed by atoms with Gasteiger partial charge in [-0.1, -0.05) is 0 Å². The Hall–Kier alpha value is -1.72. The first-order valence-electron chi connectivity index (χ1n) is 6.98. The van der Waals surface area contributed by atoms with Crippen LogP contribution in [0.2, 0.25) is 0 Å². The van der Waals surface area contributed by atoms with Gasteiger partial charge in [0.15, 0.2) is 0 Å². The lowest BCUT2D eigenvalue weighted by Gasteiger charge is -2.35. The van der Waals surface area contributed by atoms with Crippen molar-refractivity contribution < 1.29 is 8.78 Å². The Morgan fingerprint density at radius 1 is 1.14 bits per heavy atom. The van der Waals surface area contributed by atoms with E-state index in [1.165, 1.54) is 12.1 Å². The van der Waals surface area contributed by atoms with Crippen molar-refractivity contribution in [1.29, 1.82) is 0 Å². The summed E-state index contributed by atoms with van der Waals surface area (Å²) in [5, 5.41) is 9.66. The van der Waals surface area contributed by atoms with Crippen LogP contribution < -0.4 is 16.0 Å². The van der Waals surface area contributed by atoms with E-state index in [9.17, 15) is 8.78 Å². The second-order valence-corrected chi connectivity index (χ2v) is 5.11. The van der Waals surface area contributed by atoms with E-state index in [0.717, 1.165) is 30.2 Å². The van der Waals surface area contributed by atoms with Crippen molar-refractivity contribution in [1.82, 2.24) is 16.0 Å². The van der Waals surface area contributed by atoms with Crippen molar-refractivity contribution in [3.05, 3.63) is 52.7 Å². The molecule has 1 aliphatic rings. The zero-order valence-electron chi connectivity index (χ0n) is 12.6. The minimum Gasteiger partial charge on any atom is -0.388 e. The van der Waals surface area contributed by atoms with Gasteiger partial charge < -0.3 is 5.32 Å². The standard InChI is InChI=1S/C16H21F2N3/c1-19-15-10-16(20-2,21-3)7-6-12(15)8-11-4-5-13(17)9-14(11)18/h4-5,8-10,19-21H,6-7H2,1-3H3. The number of benzene rings is 1. The summed E-state index contributed by atoms with van der Waals surface area (Å²) in [5.74, 6) is -1.11. The number of halogens is 2. The summed E-state index contributed by atoms with van der Waals surface area (Å²) in [6.45, 7) is 0. The lowest BCUT2D eigenvalue weighted by atomic mass is 9.88. The van der Waals surface area contributed by atoms with Crippen LogP contribution in [-0.2, 0) is 0 Å². The average molecular weight is 293 g/mol. The molecule has 21 heavy (non-hydrogen) atoms. The molecule has 0 amide bonds. The molecule has 0 saturated heterocycles. The maximum Gasteiger partial charge on any atom is 0.133 e. The number of likely N-dealkylation sites (N-methyl/N-ethyl adjacent to an activating group) is 3. The minimum atomic E-state index is -0.563. The van der Waals surface area contributed by atoms with Crippen molar-refractivity contribution in [2.24, 2.45) is 0 Å². The molecule has 0 bridgehead atoms. The molecule has 0 saturated carbocycles. The summed E-state index contributed by atoms with van der Waals surface area (Å²) < 4.78 is 26.7. The fourth-order valence-corrected chi connectivity index (χ4v) is 2.59. The van der Waals surface area contributed by atoms with E-state index in [0.29, 0.717) is 5.56 Å². The van der Waals surface area contributed by atoms with Crippen molar-refractivity contribution in [2.75, 3.05) is 21.1 Å². The van der Waals surface area contributed by atoms with Crippen LogP contribution in [0, 0.1) is 11.6 Å². The molecule has 114 valence electrons. The van der Waals surface area contributed by atoms with Gasteiger partial charge in [0.25, 0.3) is 0 Å². The number of rotatable bonds is 4. The molecule has 1 aromatic rings. The van der Waals surface area contributed by atoms with Crippen LogP contribution in [0.5, 0.6) is 0 Å². The van der Waals surface area contributed by atoms with Gasteiger partial charge in [0.1, 0.15) is 11.6 Å². The molecule has 0 heterocycles. The Bertz CT molecular complexity index is 575. The molecule has 0 unspecified atom stereocenters. The first kappa shape index (κ1) is 15.7. The van der Waals surface area contributed by atoms with Gasteiger partial charge in [0.05, 0.1) is 5.66 Å². The quantitative estimate of drug-likeness (QED) is 0.746. The van der Waals surface area contributed by atoms with Crippen LogP contribution in [0.3, 0.4) is 0 Å². The van der Waals surface area contributed by atoms with Gasteiger partial charge in [-0.3, -0.25) is 10.6 Å². The number of nitrogens with one attached hydrogen (secondary N) is 3. The van der Waals surface area contributed by atoms with Crippen LogP contribution >= 0.6 is 0 Å². The third-order valence-corrected chi connectivity index (χ3v) is 3.98. The Morgan fingerprint density at radius 3 is 2.43 bits per heavy atom. The number of hydrogen-bond acceptors (Lipinski definition) is 3. The first-order chi connectivity index (χ1) is 10.0. The first-order valence-corrected chi connectivity index (χ1v) is 6.98. The molecule has 0 aromatic heterocycles. The van der Waals surface area contributed by atoms with Crippen LogP contribution in [-0.4, -0.2) is 26.8 Å². The van der Waals surface area contributed by atoms with Crippen LogP contribution in [0.25, 0.3) is 6.08 Å². The van der Waals surface area contributed by atoms with Crippen LogP contribution in [0.4, 0.5) is 8.78 Å². The smallest absolute Gasteiger partial charge is 0.133 e. The largest absolute Gasteiger partial charge is 0.388 e. The zero-order valence-corrected chi connectivity index (χ0v) is 12.6. The summed E-state index contributed by atoms with van der Waals surface area (Å²) in [6, 6.07) is 3.64. The van der Waals surface area contributed by atoms with Crippen LogP contribution in [0.15, 0.2) is 35.5 Å². The molecule has 0 atom stereocenters. The Morgan fingerprint density at radius 2 is 1.86 bits per heavy atom. The van der Waals surface area contributed by atoms with E-state index in [-0.39, 0.29) is 5.66 Å². The molecule has 0 aliphatic heterocycles. The van der Waals surface area contributed by atoms with E-state index < -0.39 is 11.6 Å². The molecule has 2 rings (SSSR count). The van der Waals surface area contributed by atoms with E-state index in [4.69, 9.17) is 0 Å². The molecular formula is C16H21F2N3. The predicted molar refractivity (Wildman–Crippen MR) is 81.6 cm³/mol. The summed E-state index contributed by atoms with van der Waals surface area (Å²) in [4.78, 5) is 0. The molecule has 5 heteroatoms. The molecule has 1 aromatic carbocycles. The monoisotopic (exact) mass is 293 g/mol. The van der Waals surface area contributed by atoms with Crippen molar-refractivity contribution >= 4 is 6.08 Å². The maximum absolute atomic E-state index is 13.8. The normalized spacial score (nSPS) is 19.5. The molecule has 0 fully saturated rings. The average Bonchev–Trinajstić information content (AvgIpc) is 2.50. The van der Waals surface area contributed by atoms with Crippen LogP contribution in [0.1, 0.15) is 18.4 Å². The zero-order chi connectivity index (χ0) is 15.5. The lowest BCUT2D eigenvalue weighted by molar-refractivity contribution is 0.338. The summed E-state index contributed by atoms with van der Waals surface area (Å²) in [7, 11) is 5.63. The second-order valence-electron chi connectivity index (χ2n) is 5.11. The van der Waals surface area contributed by atoms with Gasteiger partial charge in [-0.25, -0.2) is 8.78 Å². The van der Waals surface area contributed by atoms with E-state index in [1.54, 1.807) is 6.08 Å². The van der Waals surface area contributed by atoms with E-state index >= 15 is 0 Å². The highest BCUT2D eigenvalue weighted by molar-refractivity contribution is 5.59. The molecular weight excluding hydrogens is 272 g/mol. The van der Waals surface area contributed by atoms with Crippen molar-refractivity contribution in [2.45, 2.75) is 18.5 Å². The second kappa shape index (κ2) is 6.37. The van der Waals surface area contributed by atoms with Gasteiger partial charge >= 0.3 is 0 Å². The maximum atomic E-state index is 13.8. The van der Waals surface area contributed by atoms with Gasteiger partial charge in [0, 0.05) is 24.4 Å². The van der Waals surface area contributed by atoms with E-state index in [1.807, 2.05) is 21.1 Å². The van der Waals surface area contributed by atoms with Gasteiger partial charge in [-0.2, -0.15) is 0 Å². The molecule has 0 radical (unpaired) electrons. The highest BCUT2D eigenvalue weighted by Crippen LogP contribution is 2.29. The third kappa shape index (κ3) is 3.31. The highest BCUT2D eigenvalue weighted by atomic mass is 19.1. The molecule has 0 spiro atoms. The summed E-state index contributed by atoms with van der Waals surface area (Å²) in [6.07, 6.45) is 5.46. The SMILES string of the molecule is CNC1=CC(NC)(NC)CCC1=Cc1ccc(F)cc1F. The lowest BCUT2D eigenvalue weighted by Crippen LogP contribution is -2.54. The van der Waals surface area contributed by atoms with Gasteiger partial charge in [0.2, 0.25) is 0 Å². The van der Waals surface area contributed by atoms with E-state index in [2.05, 4.69) is 22.0 Å². The molecule has 3 N–H and O–H groups in total. The fraction of sp³-hybridized carbons (Fsp3) is 0.375. The minimum absolute atomic E-state index is 0.267.